The summed E-state index contributed by atoms with van der Waals surface area (Å²) in [6, 6.07) is 4.76. The highest BCUT2D eigenvalue weighted by Gasteiger charge is 2.22. The lowest BCUT2D eigenvalue weighted by Gasteiger charge is -2.30. The van der Waals surface area contributed by atoms with Crippen LogP contribution in [0.15, 0.2) is 18.2 Å². The van der Waals surface area contributed by atoms with Gasteiger partial charge in [0.1, 0.15) is 5.82 Å². The minimum atomic E-state index is -0.324. The zero-order chi connectivity index (χ0) is 13.1. The molecule has 1 aromatic rings. The Hall–Kier alpha value is -1.13. The van der Waals surface area contributed by atoms with E-state index in [2.05, 4.69) is 5.32 Å². The van der Waals surface area contributed by atoms with Crippen LogP contribution >= 0.6 is 11.6 Å². The molecule has 1 fully saturated rings. The van der Waals surface area contributed by atoms with Crippen molar-refractivity contribution in [2.45, 2.75) is 25.4 Å². The van der Waals surface area contributed by atoms with E-state index in [-0.39, 0.29) is 17.8 Å². The number of carbonyl (C=O) groups is 1. The molecule has 5 heteroatoms. The van der Waals surface area contributed by atoms with Gasteiger partial charge >= 0.3 is 0 Å². The summed E-state index contributed by atoms with van der Waals surface area (Å²) in [5.41, 5.74) is 0.819. The number of hydrogen-bond acceptors (Lipinski definition) is 2. The summed E-state index contributed by atoms with van der Waals surface area (Å²) >= 11 is 5.79. The lowest BCUT2D eigenvalue weighted by molar-refractivity contribution is -0.132. The first-order valence-electron chi connectivity index (χ1n) is 5.97. The Morgan fingerprint density at radius 1 is 1.50 bits per heavy atom. The quantitative estimate of drug-likeness (QED) is 0.913. The van der Waals surface area contributed by atoms with Crippen LogP contribution in [0.2, 0.25) is 5.02 Å². The van der Waals surface area contributed by atoms with E-state index < -0.39 is 0 Å². The average molecular weight is 271 g/mol. The molecule has 1 unspecified atom stereocenters. The molecule has 0 saturated carbocycles. The van der Waals surface area contributed by atoms with Gasteiger partial charge in [0, 0.05) is 37.6 Å². The summed E-state index contributed by atoms with van der Waals surface area (Å²) in [6.07, 6.45) is 1.39. The summed E-state index contributed by atoms with van der Waals surface area (Å²) < 4.78 is 13.1. The molecular weight excluding hydrogens is 255 g/mol. The Bertz CT molecular complexity index is 432. The minimum Gasteiger partial charge on any atom is -0.344 e. The normalized spacial score (nSPS) is 20.3. The fourth-order valence-corrected chi connectivity index (χ4v) is 2.40. The summed E-state index contributed by atoms with van der Waals surface area (Å²) in [6.45, 7) is 1.26. The molecule has 1 N–H and O–H groups in total. The number of benzene rings is 1. The molecule has 0 aliphatic carbocycles. The molecule has 1 atom stereocenters. The van der Waals surface area contributed by atoms with Gasteiger partial charge in [-0.3, -0.25) is 4.79 Å². The largest absolute Gasteiger partial charge is 0.344 e. The van der Waals surface area contributed by atoms with Gasteiger partial charge in [0.25, 0.3) is 0 Å². The highest BCUT2D eigenvalue weighted by molar-refractivity contribution is 6.30. The maximum Gasteiger partial charge on any atom is 0.222 e. The van der Waals surface area contributed by atoms with Crippen molar-refractivity contribution in [1.82, 2.24) is 10.2 Å². The molecule has 0 bridgehead atoms. The molecule has 18 heavy (non-hydrogen) atoms. The van der Waals surface area contributed by atoms with Gasteiger partial charge in [-0.15, -0.1) is 0 Å². The molecule has 0 radical (unpaired) electrons. The molecule has 1 heterocycles. The van der Waals surface area contributed by atoms with E-state index in [4.69, 9.17) is 11.6 Å². The topological polar surface area (TPSA) is 32.3 Å². The second-order valence-corrected chi connectivity index (χ2v) is 5.10. The van der Waals surface area contributed by atoms with Crippen LogP contribution in [0.5, 0.6) is 0 Å². The SMILES string of the molecule is CN1CC(NCc2cc(F)cc(Cl)c2)CCC1=O. The van der Waals surface area contributed by atoms with Crippen LogP contribution in [0.1, 0.15) is 18.4 Å². The number of halogens is 2. The zero-order valence-corrected chi connectivity index (χ0v) is 11.0. The van der Waals surface area contributed by atoms with Crippen LogP contribution in [-0.4, -0.2) is 30.4 Å². The second kappa shape index (κ2) is 5.67. The lowest BCUT2D eigenvalue weighted by Crippen LogP contribution is -2.46. The van der Waals surface area contributed by atoms with Crippen molar-refractivity contribution in [2.75, 3.05) is 13.6 Å². The fraction of sp³-hybridized carbons (Fsp3) is 0.462. The van der Waals surface area contributed by atoms with Gasteiger partial charge in [-0.05, 0) is 30.2 Å². The highest BCUT2D eigenvalue weighted by atomic mass is 35.5. The molecule has 1 amide bonds. The lowest BCUT2D eigenvalue weighted by atomic mass is 10.1. The number of amides is 1. The van der Waals surface area contributed by atoms with Gasteiger partial charge in [-0.1, -0.05) is 11.6 Å². The fourth-order valence-electron chi connectivity index (χ4n) is 2.15. The van der Waals surface area contributed by atoms with Crippen molar-refractivity contribution in [3.63, 3.8) is 0 Å². The van der Waals surface area contributed by atoms with E-state index in [0.717, 1.165) is 12.0 Å². The molecule has 0 spiro atoms. The molecule has 3 nitrogen and oxygen atoms in total. The number of likely N-dealkylation sites (tertiary alicyclic amines) is 1. The van der Waals surface area contributed by atoms with Crippen molar-refractivity contribution in [3.8, 4) is 0 Å². The Kier molecular flexibility index (Phi) is 4.19. The minimum absolute atomic E-state index is 0.182. The van der Waals surface area contributed by atoms with Gasteiger partial charge in [0.2, 0.25) is 5.91 Å². The van der Waals surface area contributed by atoms with Crippen molar-refractivity contribution in [3.05, 3.63) is 34.6 Å². The van der Waals surface area contributed by atoms with Crippen LogP contribution in [-0.2, 0) is 11.3 Å². The van der Waals surface area contributed by atoms with Crippen molar-refractivity contribution in [1.29, 1.82) is 0 Å². The molecule has 0 aromatic heterocycles. The molecule has 1 aliphatic heterocycles. The van der Waals surface area contributed by atoms with Crippen LogP contribution in [0.3, 0.4) is 0 Å². The predicted molar refractivity (Wildman–Crippen MR) is 68.9 cm³/mol. The van der Waals surface area contributed by atoms with Crippen LogP contribution in [0.4, 0.5) is 4.39 Å². The first-order valence-corrected chi connectivity index (χ1v) is 6.34. The van der Waals surface area contributed by atoms with E-state index >= 15 is 0 Å². The average Bonchev–Trinajstić information content (AvgIpc) is 2.29. The first kappa shape index (κ1) is 13.3. The zero-order valence-electron chi connectivity index (χ0n) is 10.2. The van der Waals surface area contributed by atoms with Crippen LogP contribution < -0.4 is 5.32 Å². The summed E-state index contributed by atoms with van der Waals surface area (Å²) in [4.78, 5) is 13.1. The molecular formula is C13H16ClFN2O. The van der Waals surface area contributed by atoms with E-state index in [0.29, 0.717) is 24.5 Å². The number of hydrogen-bond donors (Lipinski definition) is 1. The standard InChI is InChI=1S/C13H16ClFN2O/c1-17-8-12(2-3-13(17)18)16-7-9-4-10(14)6-11(15)5-9/h4-6,12,16H,2-3,7-8H2,1H3. The molecule has 2 rings (SSSR count). The maximum absolute atomic E-state index is 13.1. The summed E-state index contributed by atoms with van der Waals surface area (Å²) in [5.74, 6) is -0.142. The van der Waals surface area contributed by atoms with E-state index in [9.17, 15) is 9.18 Å². The predicted octanol–water partition coefficient (Wildman–Crippen LogP) is 2.19. The van der Waals surface area contributed by atoms with Gasteiger partial charge in [-0.25, -0.2) is 4.39 Å². The summed E-state index contributed by atoms with van der Waals surface area (Å²) in [7, 11) is 1.80. The van der Waals surface area contributed by atoms with Crippen LogP contribution in [0, 0.1) is 5.82 Å². The number of likely N-dealkylation sites (N-methyl/N-ethyl adjacent to an activating group) is 1. The van der Waals surface area contributed by atoms with Crippen molar-refractivity contribution >= 4 is 17.5 Å². The molecule has 1 aromatic carbocycles. The monoisotopic (exact) mass is 270 g/mol. The number of nitrogens with zero attached hydrogens (tertiary/aromatic N) is 1. The summed E-state index contributed by atoms with van der Waals surface area (Å²) in [5, 5.41) is 3.73. The molecule has 98 valence electrons. The maximum atomic E-state index is 13.1. The molecule has 1 saturated heterocycles. The molecule has 1 aliphatic rings. The Labute approximate surface area is 111 Å². The van der Waals surface area contributed by atoms with Crippen LogP contribution in [0.25, 0.3) is 0 Å². The first-order chi connectivity index (χ1) is 8.54. The van der Waals surface area contributed by atoms with Gasteiger partial charge < -0.3 is 10.2 Å². The van der Waals surface area contributed by atoms with Crippen molar-refractivity contribution in [2.24, 2.45) is 0 Å². The Morgan fingerprint density at radius 3 is 2.94 bits per heavy atom. The van der Waals surface area contributed by atoms with Gasteiger partial charge in [0.05, 0.1) is 0 Å². The number of nitrogens with one attached hydrogen (secondary N) is 1. The highest BCUT2D eigenvalue weighted by Crippen LogP contribution is 2.15. The number of carbonyl (C=O) groups excluding carboxylic acids is 1. The number of rotatable bonds is 3. The third kappa shape index (κ3) is 3.43. The second-order valence-electron chi connectivity index (χ2n) is 4.67. The van der Waals surface area contributed by atoms with Gasteiger partial charge in [-0.2, -0.15) is 0 Å². The van der Waals surface area contributed by atoms with E-state index in [1.165, 1.54) is 12.1 Å². The number of piperidine rings is 1. The van der Waals surface area contributed by atoms with E-state index in [1.54, 1.807) is 18.0 Å². The smallest absolute Gasteiger partial charge is 0.222 e. The van der Waals surface area contributed by atoms with E-state index in [1.807, 2.05) is 0 Å². The van der Waals surface area contributed by atoms with Crippen molar-refractivity contribution < 1.29 is 9.18 Å². The third-order valence-electron chi connectivity index (χ3n) is 3.14. The Balaban J connectivity index is 1.89. The Morgan fingerprint density at radius 2 is 2.28 bits per heavy atom. The van der Waals surface area contributed by atoms with Gasteiger partial charge in [0.15, 0.2) is 0 Å². The third-order valence-corrected chi connectivity index (χ3v) is 3.36.